The number of benzene rings is 2. The summed E-state index contributed by atoms with van der Waals surface area (Å²) in [6.45, 7) is 9.23. The van der Waals surface area contributed by atoms with E-state index in [0.29, 0.717) is 5.56 Å². The maximum absolute atomic E-state index is 12.8. The smallest absolute Gasteiger partial charge is 0.330 e. The molecule has 6 nitrogen and oxygen atoms in total. The molecule has 0 spiro atoms. The van der Waals surface area contributed by atoms with Crippen LogP contribution in [0.3, 0.4) is 0 Å². The molecule has 2 amide bonds. The average molecular weight is 421 g/mol. The highest BCUT2D eigenvalue weighted by molar-refractivity contribution is 6.22. The summed E-state index contributed by atoms with van der Waals surface area (Å²) in [6, 6.07) is 12.5. The van der Waals surface area contributed by atoms with Gasteiger partial charge in [-0.2, -0.15) is 0 Å². The number of carbonyl (C=O) groups is 4. The number of Topliss-reactive ketones (excluding diaryl/α,β-unsaturated/α-hetero) is 1. The summed E-state index contributed by atoms with van der Waals surface area (Å²) in [5.41, 5.74) is 2.02. The molecular weight excluding hydrogens is 394 g/mol. The van der Waals surface area contributed by atoms with Crippen molar-refractivity contribution in [3.8, 4) is 0 Å². The zero-order valence-corrected chi connectivity index (χ0v) is 18.5. The van der Waals surface area contributed by atoms with E-state index in [0.717, 1.165) is 10.5 Å². The van der Waals surface area contributed by atoms with E-state index in [1.165, 1.54) is 0 Å². The molecule has 2 aromatic rings. The maximum atomic E-state index is 12.8. The highest BCUT2D eigenvalue weighted by Crippen LogP contribution is 2.28. The minimum Gasteiger partial charge on any atom is -0.456 e. The van der Waals surface area contributed by atoms with E-state index >= 15 is 0 Å². The van der Waals surface area contributed by atoms with Crippen LogP contribution in [0.2, 0.25) is 0 Å². The van der Waals surface area contributed by atoms with Gasteiger partial charge in [0.25, 0.3) is 11.8 Å². The fraction of sp³-hybridized carbons (Fsp3) is 0.360. The summed E-state index contributed by atoms with van der Waals surface area (Å²) >= 11 is 0. The number of carbonyl (C=O) groups excluding carboxylic acids is 4. The molecule has 0 saturated carbocycles. The van der Waals surface area contributed by atoms with Crippen LogP contribution in [-0.2, 0) is 14.9 Å². The van der Waals surface area contributed by atoms with Crippen molar-refractivity contribution in [1.82, 2.24) is 4.90 Å². The fourth-order valence-electron chi connectivity index (χ4n) is 3.60. The molecule has 0 radical (unpaired) electrons. The van der Waals surface area contributed by atoms with Crippen molar-refractivity contribution < 1.29 is 23.9 Å². The summed E-state index contributed by atoms with van der Waals surface area (Å²) in [4.78, 5) is 51.8. The standard InChI is InChI=1S/C25H27NO5/c1-15(2)21(26-22(28)18-8-6-7-9-19(18)23(26)29)24(30)31-14-20(27)16-10-12-17(13-11-16)25(3,4)5/h6-13,15,21H,14H2,1-5H3/t21-/m0/s1. The summed E-state index contributed by atoms with van der Waals surface area (Å²) in [7, 11) is 0. The molecule has 31 heavy (non-hydrogen) atoms. The summed E-state index contributed by atoms with van der Waals surface area (Å²) < 4.78 is 5.25. The highest BCUT2D eigenvalue weighted by atomic mass is 16.5. The normalized spacial score (nSPS) is 14.6. The lowest BCUT2D eigenvalue weighted by molar-refractivity contribution is -0.148. The second-order valence-electron chi connectivity index (χ2n) is 9.07. The van der Waals surface area contributed by atoms with Crippen LogP contribution in [0, 0.1) is 5.92 Å². The average Bonchev–Trinajstić information content (AvgIpc) is 2.97. The van der Waals surface area contributed by atoms with Crippen LogP contribution < -0.4 is 0 Å². The van der Waals surface area contributed by atoms with Crippen molar-refractivity contribution in [3.63, 3.8) is 0 Å². The molecule has 162 valence electrons. The number of hydrogen-bond acceptors (Lipinski definition) is 5. The van der Waals surface area contributed by atoms with Gasteiger partial charge in [-0.05, 0) is 29.0 Å². The minimum atomic E-state index is -1.11. The first kappa shape index (κ1) is 22.4. The van der Waals surface area contributed by atoms with E-state index in [9.17, 15) is 19.2 Å². The molecule has 0 aromatic heterocycles. The molecule has 3 rings (SSSR count). The molecule has 1 aliphatic rings. The van der Waals surface area contributed by atoms with Gasteiger partial charge in [0, 0.05) is 5.56 Å². The Labute approximate surface area is 182 Å². The summed E-state index contributed by atoms with van der Waals surface area (Å²) in [5.74, 6) is -2.56. The van der Waals surface area contributed by atoms with Crippen molar-refractivity contribution in [2.24, 2.45) is 5.92 Å². The third-order valence-electron chi connectivity index (χ3n) is 5.40. The lowest BCUT2D eigenvalue weighted by Gasteiger charge is -2.27. The van der Waals surface area contributed by atoms with Crippen LogP contribution in [0.15, 0.2) is 48.5 Å². The molecule has 0 N–H and O–H groups in total. The van der Waals surface area contributed by atoms with Crippen LogP contribution in [-0.4, -0.2) is 41.1 Å². The number of esters is 1. The molecule has 0 fully saturated rings. The topological polar surface area (TPSA) is 80.8 Å². The predicted octanol–water partition coefficient (Wildman–Crippen LogP) is 4.03. The Morgan fingerprint density at radius 1 is 0.903 bits per heavy atom. The van der Waals surface area contributed by atoms with Gasteiger partial charge in [0.15, 0.2) is 12.4 Å². The van der Waals surface area contributed by atoms with E-state index < -0.39 is 30.4 Å². The van der Waals surface area contributed by atoms with Gasteiger partial charge in [0.05, 0.1) is 11.1 Å². The molecule has 0 saturated heterocycles. The van der Waals surface area contributed by atoms with Gasteiger partial charge in [0.2, 0.25) is 0 Å². The number of ketones is 1. The Balaban J connectivity index is 1.72. The van der Waals surface area contributed by atoms with Gasteiger partial charge in [-0.3, -0.25) is 19.3 Å². The molecular formula is C25H27NO5. The van der Waals surface area contributed by atoms with Crippen LogP contribution in [0.5, 0.6) is 0 Å². The van der Waals surface area contributed by atoms with Gasteiger partial charge < -0.3 is 4.74 Å². The van der Waals surface area contributed by atoms with E-state index in [-0.39, 0.29) is 28.2 Å². The van der Waals surface area contributed by atoms with E-state index in [4.69, 9.17) is 4.74 Å². The molecule has 2 aromatic carbocycles. The summed E-state index contributed by atoms with van der Waals surface area (Å²) in [6.07, 6.45) is 0. The quantitative estimate of drug-likeness (QED) is 0.400. The Hall–Kier alpha value is -3.28. The molecule has 6 heteroatoms. The molecule has 0 unspecified atom stereocenters. The predicted molar refractivity (Wildman–Crippen MR) is 116 cm³/mol. The third-order valence-corrected chi connectivity index (χ3v) is 5.40. The van der Waals surface area contributed by atoms with Crippen LogP contribution >= 0.6 is 0 Å². The van der Waals surface area contributed by atoms with Gasteiger partial charge >= 0.3 is 5.97 Å². The van der Waals surface area contributed by atoms with Gasteiger partial charge in [-0.25, -0.2) is 4.79 Å². The molecule has 0 bridgehead atoms. The first-order chi connectivity index (χ1) is 14.5. The third kappa shape index (κ3) is 4.43. The summed E-state index contributed by atoms with van der Waals surface area (Å²) in [5, 5.41) is 0. The fourth-order valence-corrected chi connectivity index (χ4v) is 3.60. The lowest BCUT2D eigenvalue weighted by Crippen LogP contribution is -2.49. The van der Waals surface area contributed by atoms with Crippen LogP contribution in [0.25, 0.3) is 0 Å². The molecule has 0 aliphatic carbocycles. The maximum Gasteiger partial charge on any atom is 0.330 e. The first-order valence-electron chi connectivity index (χ1n) is 10.3. The SMILES string of the molecule is CC(C)[C@@H](C(=O)OCC(=O)c1ccc(C(C)(C)C)cc1)N1C(=O)c2ccccc2C1=O. The second kappa shape index (κ2) is 8.46. The molecule has 1 aliphatic heterocycles. The van der Waals surface area contributed by atoms with Crippen LogP contribution in [0.1, 0.15) is 71.3 Å². The number of amides is 2. The van der Waals surface area contributed by atoms with Gasteiger partial charge in [0.1, 0.15) is 6.04 Å². The van der Waals surface area contributed by atoms with Crippen molar-refractivity contribution in [1.29, 1.82) is 0 Å². The van der Waals surface area contributed by atoms with E-state index in [1.807, 2.05) is 12.1 Å². The minimum absolute atomic E-state index is 0.0368. The molecule has 1 heterocycles. The number of ether oxygens (including phenoxy) is 1. The van der Waals surface area contributed by atoms with Gasteiger partial charge in [-0.1, -0.05) is 71.0 Å². The van der Waals surface area contributed by atoms with Crippen LogP contribution in [0.4, 0.5) is 0 Å². The lowest BCUT2D eigenvalue weighted by atomic mass is 9.86. The number of nitrogens with zero attached hydrogens (tertiary/aromatic N) is 1. The number of hydrogen-bond donors (Lipinski definition) is 0. The number of imide groups is 1. The largest absolute Gasteiger partial charge is 0.456 e. The highest BCUT2D eigenvalue weighted by Gasteiger charge is 2.44. The van der Waals surface area contributed by atoms with E-state index in [1.54, 1.807) is 50.2 Å². The Kier molecular flexibility index (Phi) is 6.11. The Bertz CT molecular complexity index is 996. The zero-order valence-electron chi connectivity index (χ0n) is 18.5. The Morgan fingerprint density at radius 2 is 1.42 bits per heavy atom. The monoisotopic (exact) mass is 421 g/mol. The zero-order chi connectivity index (χ0) is 22.9. The first-order valence-corrected chi connectivity index (χ1v) is 10.3. The van der Waals surface area contributed by atoms with Crippen molar-refractivity contribution in [2.45, 2.75) is 46.1 Å². The van der Waals surface area contributed by atoms with Crippen molar-refractivity contribution in [3.05, 3.63) is 70.8 Å². The number of rotatable bonds is 6. The Morgan fingerprint density at radius 3 is 1.87 bits per heavy atom. The van der Waals surface area contributed by atoms with E-state index in [2.05, 4.69) is 20.8 Å². The molecule has 1 atom stereocenters. The number of fused-ring (bicyclic) bond motifs is 1. The second-order valence-corrected chi connectivity index (χ2v) is 9.07. The van der Waals surface area contributed by atoms with Gasteiger partial charge in [-0.15, -0.1) is 0 Å². The van der Waals surface area contributed by atoms with Crippen molar-refractivity contribution >= 4 is 23.6 Å². The van der Waals surface area contributed by atoms with Crippen molar-refractivity contribution in [2.75, 3.05) is 6.61 Å².